The van der Waals surface area contributed by atoms with Gasteiger partial charge in [-0.05, 0) is 19.8 Å². The van der Waals surface area contributed by atoms with E-state index in [4.69, 9.17) is 0 Å². The highest BCUT2D eigenvalue weighted by atomic mass is 32.2. The van der Waals surface area contributed by atoms with E-state index in [1.165, 1.54) is 4.31 Å². The zero-order valence-electron chi connectivity index (χ0n) is 10.8. The molecule has 7 nitrogen and oxygen atoms in total. The highest BCUT2D eigenvalue weighted by Crippen LogP contribution is 2.25. The highest BCUT2D eigenvalue weighted by molar-refractivity contribution is 7.89. The molecule has 0 amide bonds. The highest BCUT2D eigenvalue weighted by Gasteiger charge is 2.30. The molecule has 1 aliphatic heterocycles. The number of hydrogen-bond donors (Lipinski definition) is 2. The third-order valence-corrected chi connectivity index (χ3v) is 5.09. The molecule has 1 unspecified atom stereocenters. The molecule has 19 heavy (non-hydrogen) atoms. The SMILES string of the molecule is C=C(C)CS(=O)(=O)N1CCCC(c2n[nH]c(=O)[nH]2)C1. The van der Waals surface area contributed by atoms with Crippen molar-refractivity contribution in [1.82, 2.24) is 19.5 Å². The molecule has 8 heteroatoms. The van der Waals surface area contributed by atoms with Gasteiger partial charge in [0.15, 0.2) is 0 Å². The van der Waals surface area contributed by atoms with Crippen molar-refractivity contribution in [1.29, 1.82) is 0 Å². The van der Waals surface area contributed by atoms with E-state index in [0.717, 1.165) is 12.8 Å². The third kappa shape index (κ3) is 3.32. The van der Waals surface area contributed by atoms with Gasteiger partial charge in [0.2, 0.25) is 10.0 Å². The number of rotatable bonds is 4. The quantitative estimate of drug-likeness (QED) is 0.771. The molecule has 1 aromatic heterocycles. The minimum absolute atomic E-state index is 0.0309. The van der Waals surface area contributed by atoms with Crippen LogP contribution in [0, 0.1) is 0 Å². The summed E-state index contributed by atoms with van der Waals surface area (Å²) in [5, 5.41) is 6.19. The smallest absolute Gasteiger partial charge is 0.293 e. The van der Waals surface area contributed by atoms with Crippen molar-refractivity contribution in [2.75, 3.05) is 18.8 Å². The summed E-state index contributed by atoms with van der Waals surface area (Å²) >= 11 is 0. The van der Waals surface area contributed by atoms with E-state index in [1.54, 1.807) is 6.92 Å². The van der Waals surface area contributed by atoms with Crippen LogP contribution in [-0.4, -0.2) is 46.7 Å². The van der Waals surface area contributed by atoms with Crippen molar-refractivity contribution in [3.63, 3.8) is 0 Å². The number of sulfonamides is 1. The Hall–Kier alpha value is -1.41. The van der Waals surface area contributed by atoms with Gasteiger partial charge in [0.1, 0.15) is 5.82 Å². The average Bonchev–Trinajstić information content (AvgIpc) is 2.74. The molecule has 1 aliphatic rings. The lowest BCUT2D eigenvalue weighted by Gasteiger charge is -2.30. The van der Waals surface area contributed by atoms with E-state index in [0.29, 0.717) is 24.5 Å². The van der Waals surface area contributed by atoms with Gasteiger partial charge >= 0.3 is 5.69 Å². The number of hydrogen-bond acceptors (Lipinski definition) is 4. The maximum atomic E-state index is 12.1. The fourth-order valence-electron chi connectivity index (χ4n) is 2.30. The Morgan fingerprint density at radius 3 is 2.89 bits per heavy atom. The Balaban J connectivity index is 2.13. The molecule has 0 bridgehead atoms. The molecule has 0 radical (unpaired) electrons. The van der Waals surface area contributed by atoms with E-state index in [2.05, 4.69) is 21.8 Å². The van der Waals surface area contributed by atoms with Gasteiger partial charge in [-0.2, -0.15) is 5.10 Å². The molecule has 2 heterocycles. The molecule has 2 N–H and O–H groups in total. The molecule has 1 aromatic rings. The van der Waals surface area contributed by atoms with Crippen molar-refractivity contribution in [2.24, 2.45) is 0 Å². The Morgan fingerprint density at radius 1 is 1.58 bits per heavy atom. The average molecular weight is 286 g/mol. The lowest BCUT2D eigenvalue weighted by Crippen LogP contribution is -2.40. The molecule has 1 atom stereocenters. The summed E-state index contributed by atoms with van der Waals surface area (Å²) < 4.78 is 25.7. The lowest BCUT2D eigenvalue weighted by molar-refractivity contribution is 0.310. The van der Waals surface area contributed by atoms with Crippen molar-refractivity contribution >= 4 is 10.0 Å². The number of aromatic nitrogens is 3. The number of aromatic amines is 2. The van der Waals surface area contributed by atoms with E-state index in [-0.39, 0.29) is 17.4 Å². The Bertz CT molecular complexity index is 616. The fourth-order valence-corrected chi connectivity index (χ4v) is 3.92. The summed E-state index contributed by atoms with van der Waals surface area (Å²) in [5.74, 6) is 0.435. The second-order valence-electron chi connectivity index (χ2n) is 4.97. The number of nitrogens with one attached hydrogen (secondary N) is 2. The standard InChI is InChI=1S/C11H18N4O3S/c1-8(2)7-19(17,18)15-5-3-4-9(6-15)10-12-11(16)14-13-10/h9H,1,3-7H2,2H3,(H2,12,13,14,16). The van der Waals surface area contributed by atoms with Crippen molar-refractivity contribution in [2.45, 2.75) is 25.7 Å². The van der Waals surface area contributed by atoms with E-state index in [1.807, 2.05) is 0 Å². The minimum atomic E-state index is -3.31. The van der Waals surface area contributed by atoms with Gasteiger partial charge < -0.3 is 0 Å². The van der Waals surface area contributed by atoms with Crippen LogP contribution in [0.1, 0.15) is 31.5 Å². The maximum absolute atomic E-state index is 12.1. The van der Waals surface area contributed by atoms with Crippen LogP contribution in [0.15, 0.2) is 16.9 Å². The van der Waals surface area contributed by atoms with Gasteiger partial charge in [0.25, 0.3) is 0 Å². The molecule has 0 saturated carbocycles. The van der Waals surface area contributed by atoms with Gasteiger partial charge in [-0.3, -0.25) is 4.98 Å². The largest absolute Gasteiger partial charge is 0.340 e. The summed E-state index contributed by atoms with van der Waals surface area (Å²) in [7, 11) is -3.31. The molecule has 1 saturated heterocycles. The van der Waals surface area contributed by atoms with Gasteiger partial charge in [-0.25, -0.2) is 22.6 Å². The molecule has 0 aromatic carbocycles. The first-order valence-corrected chi connectivity index (χ1v) is 7.76. The fraction of sp³-hybridized carbons (Fsp3) is 0.636. The first kappa shape index (κ1) is 14.0. The molecule has 1 fully saturated rings. The molecule has 0 spiro atoms. The van der Waals surface area contributed by atoms with Gasteiger partial charge in [0.05, 0.1) is 5.75 Å². The predicted molar refractivity (Wildman–Crippen MR) is 71.4 cm³/mol. The summed E-state index contributed by atoms with van der Waals surface area (Å²) in [6.45, 7) is 6.22. The van der Waals surface area contributed by atoms with Crippen LogP contribution in [0.25, 0.3) is 0 Å². The number of piperidine rings is 1. The van der Waals surface area contributed by atoms with Gasteiger partial charge in [-0.1, -0.05) is 12.2 Å². The minimum Gasteiger partial charge on any atom is -0.293 e. The number of H-pyrrole nitrogens is 2. The van der Waals surface area contributed by atoms with Crippen LogP contribution in [0.5, 0.6) is 0 Å². The van der Waals surface area contributed by atoms with E-state index in [9.17, 15) is 13.2 Å². The van der Waals surface area contributed by atoms with Crippen LogP contribution in [0.4, 0.5) is 0 Å². The summed E-state index contributed by atoms with van der Waals surface area (Å²) in [5.41, 5.74) is 0.257. The van der Waals surface area contributed by atoms with Crippen LogP contribution in [-0.2, 0) is 10.0 Å². The Labute approximate surface area is 111 Å². The van der Waals surface area contributed by atoms with Crippen molar-refractivity contribution in [3.05, 3.63) is 28.5 Å². The summed E-state index contributed by atoms with van der Waals surface area (Å²) in [6, 6.07) is 0. The first-order chi connectivity index (χ1) is 8.88. The summed E-state index contributed by atoms with van der Waals surface area (Å²) in [6.07, 6.45) is 1.58. The predicted octanol–water partition coefficient (Wildman–Crippen LogP) is 0.183. The Morgan fingerprint density at radius 2 is 2.32 bits per heavy atom. The molecule has 106 valence electrons. The van der Waals surface area contributed by atoms with E-state index >= 15 is 0 Å². The Kier molecular flexibility index (Phi) is 3.91. The van der Waals surface area contributed by atoms with Crippen LogP contribution in [0.3, 0.4) is 0 Å². The number of nitrogens with zero attached hydrogens (tertiary/aromatic N) is 2. The monoisotopic (exact) mass is 286 g/mol. The van der Waals surface area contributed by atoms with Crippen LogP contribution >= 0.6 is 0 Å². The second kappa shape index (κ2) is 5.30. The normalized spacial score (nSPS) is 21.4. The lowest BCUT2D eigenvalue weighted by atomic mass is 9.99. The molecule has 2 rings (SSSR count). The molecular weight excluding hydrogens is 268 g/mol. The maximum Gasteiger partial charge on any atom is 0.340 e. The molecule has 0 aliphatic carbocycles. The van der Waals surface area contributed by atoms with Gasteiger partial charge in [-0.15, -0.1) is 0 Å². The van der Waals surface area contributed by atoms with Crippen molar-refractivity contribution in [3.8, 4) is 0 Å². The van der Waals surface area contributed by atoms with Gasteiger partial charge in [0, 0.05) is 19.0 Å². The first-order valence-electron chi connectivity index (χ1n) is 6.15. The zero-order chi connectivity index (χ0) is 14.0. The zero-order valence-corrected chi connectivity index (χ0v) is 11.7. The van der Waals surface area contributed by atoms with Crippen molar-refractivity contribution < 1.29 is 8.42 Å². The second-order valence-corrected chi connectivity index (χ2v) is 6.94. The molecular formula is C11H18N4O3S. The van der Waals surface area contributed by atoms with Crippen LogP contribution in [0.2, 0.25) is 0 Å². The third-order valence-electron chi connectivity index (χ3n) is 3.11. The topological polar surface area (TPSA) is 98.9 Å². The van der Waals surface area contributed by atoms with Crippen LogP contribution < -0.4 is 5.69 Å². The van der Waals surface area contributed by atoms with E-state index < -0.39 is 10.0 Å². The summed E-state index contributed by atoms with van der Waals surface area (Å²) in [4.78, 5) is 13.6.